The molecule has 0 heterocycles. The zero-order valence-electron chi connectivity index (χ0n) is 11.9. The summed E-state index contributed by atoms with van der Waals surface area (Å²) >= 11 is 7.53. The average Bonchev–Trinajstić information content (AvgIpc) is 2.47. The number of carbonyl (C=O) groups is 1. The zero-order chi connectivity index (χ0) is 15.9. The summed E-state index contributed by atoms with van der Waals surface area (Å²) in [4.78, 5) is 12.9. The molecular weight excluding hydrogens is 320 g/mol. The van der Waals surface area contributed by atoms with Crippen molar-refractivity contribution >= 4 is 35.5 Å². The third-order valence-electron chi connectivity index (χ3n) is 2.87. The van der Waals surface area contributed by atoms with E-state index in [1.807, 2.05) is 12.3 Å². The van der Waals surface area contributed by atoms with Crippen LogP contribution in [0.5, 0.6) is 5.75 Å². The fourth-order valence-corrected chi connectivity index (χ4v) is 2.67. The Balaban J connectivity index is 1.97. The highest BCUT2D eigenvalue weighted by Crippen LogP contribution is 2.24. The van der Waals surface area contributed by atoms with E-state index < -0.39 is 0 Å². The van der Waals surface area contributed by atoms with Gasteiger partial charge < -0.3 is 5.11 Å². The van der Waals surface area contributed by atoms with Crippen LogP contribution >= 0.6 is 23.4 Å². The van der Waals surface area contributed by atoms with Crippen LogP contribution in [-0.2, 0) is 11.2 Å². The van der Waals surface area contributed by atoms with Gasteiger partial charge >= 0.3 is 0 Å². The maximum atomic E-state index is 11.9. The van der Waals surface area contributed by atoms with Crippen LogP contribution in [0.4, 0.5) is 0 Å². The molecule has 0 aliphatic rings. The molecule has 0 aliphatic carbocycles. The number of hydrazone groups is 1. The minimum atomic E-state index is -0.228. The minimum absolute atomic E-state index is 0.152. The molecule has 6 heteroatoms. The highest BCUT2D eigenvalue weighted by Gasteiger charge is 2.08. The van der Waals surface area contributed by atoms with Gasteiger partial charge in [0.25, 0.3) is 0 Å². The van der Waals surface area contributed by atoms with Gasteiger partial charge in [-0.1, -0.05) is 23.7 Å². The van der Waals surface area contributed by atoms with Crippen LogP contribution < -0.4 is 5.43 Å². The van der Waals surface area contributed by atoms with Gasteiger partial charge in [0, 0.05) is 9.92 Å². The number of hydrogen-bond acceptors (Lipinski definition) is 4. The molecule has 2 rings (SSSR count). The van der Waals surface area contributed by atoms with Crippen molar-refractivity contribution in [3.8, 4) is 5.75 Å². The monoisotopic (exact) mass is 334 g/mol. The number of benzene rings is 2. The van der Waals surface area contributed by atoms with E-state index in [0.29, 0.717) is 10.6 Å². The number of thioether (sulfide) groups is 1. The molecule has 0 radical (unpaired) electrons. The molecule has 0 saturated carbocycles. The summed E-state index contributed by atoms with van der Waals surface area (Å²) < 4.78 is 0. The molecule has 0 aromatic heterocycles. The smallest absolute Gasteiger partial charge is 0.244 e. The third kappa shape index (κ3) is 4.79. The Bertz CT molecular complexity index is 704. The quantitative estimate of drug-likeness (QED) is 0.500. The van der Waals surface area contributed by atoms with Crippen molar-refractivity contribution in [1.29, 1.82) is 0 Å². The Morgan fingerprint density at radius 1 is 1.36 bits per heavy atom. The van der Waals surface area contributed by atoms with E-state index >= 15 is 0 Å². The molecular formula is C16H15ClN2O2S. The lowest BCUT2D eigenvalue weighted by atomic mass is 10.1. The van der Waals surface area contributed by atoms with E-state index in [-0.39, 0.29) is 18.1 Å². The lowest BCUT2D eigenvalue weighted by Gasteiger charge is -2.07. The second-order valence-electron chi connectivity index (χ2n) is 4.52. The van der Waals surface area contributed by atoms with Crippen LogP contribution in [0.1, 0.15) is 11.1 Å². The molecule has 0 unspecified atom stereocenters. The van der Waals surface area contributed by atoms with Gasteiger partial charge in [-0.15, -0.1) is 11.8 Å². The fraction of sp³-hybridized carbons (Fsp3) is 0.125. The molecule has 2 N–H and O–H groups in total. The minimum Gasteiger partial charge on any atom is -0.508 e. The van der Waals surface area contributed by atoms with Crippen molar-refractivity contribution in [1.82, 2.24) is 5.43 Å². The highest BCUT2D eigenvalue weighted by molar-refractivity contribution is 7.98. The van der Waals surface area contributed by atoms with Crippen LogP contribution in [0.15, 0.2) is 52.5 Å². The number of halogens is 1. The first-order valence-electron chi connectivity index (χ1n) is 6.52. The summed E-state index contributed by atoms with van der Waals surface area (Å²) in [5.41, 5.74) is 4.03. The standard InChI is InChI=1S/C16H15ClN2O2S/c1-22-15-6-5-13(17)8-12(15)9-16(21)19-18-10-11-3-2-4-14(20)7-11/h2-8,10,20H,9H2,1H3,(H,19,21)/b18-10-. The Morgan fingerprint density at radius 2 is 2.18 bits per heavy atom. The average molecular weight is 335 g/mol. The highest BCUT2D eigenvalue weighted by atomic mass is 35.5. The van der Waals surface area contributed by atoms with Gasteiger partial charge in [-0.05, 0) is 47.7 Å². The first kappa shape index (κ1) is 16.4. The van der Waals surface area contributed by atoms with Crippen molar-refractivity contribution in [3.05, 3.63) is 58.6 Å². The Labute approximate surface area is 138 Å². The van der Waals surface area contributed by atoms with Crippen molar-refractivity contribution in [2.45, 2.75) is 11.3 Å². The van der Waals surface area contributed by atoms with Gasteiger partial charge in [0.1, 0.15) is 5.75 Å². The fourth-order valence-electron chi connectivity index (χ4n) is 1.88. The topological polar surface area (TPSA) is 61.7 Å². The number of phenolic OH excluding ortho intramolecular Hbond substituents is 1. The predicted octanol–water partition coefficient (Wildman–Crippen LogP) is 3.46. The van der Waals surface area contributed by atoms with Crippen molar-refractivity contribution < 1.29 is 9.90 Å². The molecule has 1 amide bonds. The van der Waals surface area contributed by atoms with Crippen LogP contribution in [0, 0.1) is 0 Å². The summed E-state index contributed by atoms with van der Waals surface area (Å²) in [5, 5.41) is 13.8. The van der Waals surface area contributed by atoms with Crippen molar-refractivity contribution in [2.75, 3.05) is 6.26 Å². The van der Waals surface area contributed by atoms with E-state index in [1.54, 1.807) is 48.2 Å². The Hall–Kier alpha value is -1.98. The lowest BCUT2D eigenvalue weighted by molar-refractivity contribution is -0.120. The number of rotatable bonds is 5. The van der Waals surface area contributed by atoms with Crippen molar-refractivity contribution in [2.24, 2.45) is 5.10 Å². The summed E-state index contributed by atoms with van der Waals surface area (Å²) in [6.45, 7) is 0. The van der Waals surface area contributed by atoms with E-state index in [2.05, 4.69) is 10.5 Å². The van der Waals surface area contributed by atoms with E-state index in [1.165, 1.54) is 6.21 Å². The number of nitrogens with zero attached hydrogens (tertiary/aromatic N) is 1. The maximum absolute atomic E-state index is 11.9. The molecule has 22 heavy (non-hydrogen) atoms. The number of aromatic hydroxyl groups is 1. The summed E-state index contributed by atoms with van der Waals surface area (Å²) in [7, 11) is 0. The molecule has 114 valence electrons. The van der Waals surface area contributed by atoms with Crippen LogP contribution in [0.2, 0.25) is 5.02 Å². The van der Waals surface area contributed by atoms with Gasteiger partial charge in [0.05, 0.1) is 12.6 Å². The summed E-state index contributed by atoms with van der Waals surface area (Å²) in [6.07, 6.45) is 3.63. The van der Waals surface area contributed by atoms with E-state index in [0.717, 1.165) is 10.5 Å². The second kappa shape index (κ2) is 7.87. The van der Waals surface area contributed by atoms with Crippen LogP contribution in [0.3, 0.4) is 0 Å². The molecule has 0 aliphatic heterocycles. The molecule has 0 bridgehead atoms. The number of amides is 1. The van der Waals surface area contributed by atoms with Gasteiger partial charge in [-0.25, -0.2) is 5.43 Å². The van der Waals surface area contributed by atoms with E-state index in [9.17, 15) is 9.90 Å². The van der Waals surface area contributed by atoms with Crippen LogP contribution in [-0.4, -0.2) is 23.5 Å². The SMILES string of the molecule is CSc1ccc(Cl)cc1CC(=O)N/N=C\c1cccc(O)c1. The largest absolute Gasteiger partial charge is 0.508 e. The van der Waals surface area contributed by atoms with E-state index in [4.69, 9.17) is 11.6 Å². The zero-order valence-corrected chi connectivity index (χ0v) is 13.5. The maximum Gasteiger partial charge on any atom is 0.244 e. The van der Waals surface area contributed by atoms with Gasteiger partial charge in [0.15, 0.2) is 0 Å². The molecule has 2 aromatic carbocycles. The lowest BCUT2D eigenvalue weighted by Crippen LogP contribution is -2.20. The van der Waals surface area contributed by atoms with Gasteiger partial charge in [0.2, 0.25) is 5.91 Å². The Kier molecular flexibility index (Phi) is 5.86. The summed E-state index contributed by atoms with van der Waals surface area (Å²) in [6, 6.07) is 12.1. The number of nitrogens with one attached hydrogen (secondary N) is 1. The molecule has 2 aromatic rings. The van der Waals surface area contributed by atoms with Gasteiger partial charge in [-0.3, -0.25) is 4.79 Å². The molecule has 0 fully saturated rings. The second-order valence-corrected chi connectivity index (χ2v) is 5.81. The number of carbonyl (C=O) groups excluding carboxylic acids is 1. The van der Waals surface area contributed by atoms with Gasteiger partial charge in [-0.2, -0.15) is 5.10 Å². The number of phenols is 1. The summed E-state index contributed by atoms with van der Waals surface area (Å²) in [5.74, 6) is -0.0761. The first-order valence-corrected chi connectivity index (χ1v) is 8.12. The molecule has 0 saturated heterocycles. The third-order valence-corrected chi connectivity index (χ3v) is 3.94. The van der Waals surface area contributed by atoms with Crippen molar-refractivity contribution in [3.63, 3.8) is 0 Å². The first-order chi connectivity index (χ1) is 10.6. The predicted molar refractivity (Wildman–Crippen MR) is 90.8 cm³/mol. The van der Waals surface area contributed by atoms with Crippen LogP contribution in [0.25, 0.3) is 0 Å². The Morgan fingerprint density at radius 3 is 2.91 bits per heavy atom. The molecule has 0 atom stereocenters. The normalized spacial score (nSPS) is 10.8. The molecule has 0 spiro atoms. The number of hydrogen-bond donors (Lipinski definition) is 2. The molecule has 4 nitrogen and oxygen atoms in total.